The zero-order chi connectivity index (χ0) is 26.4. The summed E-state index contributed by atoms with van der Waals surface area (Å²) in [6.07, 6.45) is 3.22. The van der Waals surface area contributed by atoms with Crippen molar-refractivity contribution in [1.82, 2.24) is 5.32 Å². The van der Waals surface area contributed by atoms with Crippen LogP contribution in [0.3, 0.4) is 0 Å². The van der Waals surface area contributed by atoms with Gasteiger partial charge in [-0.15, -0.1) is 0 Å². The van der Waals surface area contributed by atoms with Crippen molar-refractivity contribution in [1.29, 1.82) is 0 Å². The fraction of sp³-hybridized carbons (Fsp3) is 0.280. The standard InChI is InChI=1S/C25H26N4O7/c1-4-35-24(31)20-15(3)27-19(14-28-11-7-9-17(13-28)23(26)30)22(25(32)36-5-2)21(20)16-8-6-10-18(12-16)29(33)34/h6-13,21H,4-5,14H2,1-3H3,(H2-,26,27,30,31,32)/p+1. The molecule has 188 valence electrons. The molecular formula is C25H27N4O7+. The lowest BCUT2D eigenvalue weighted by atomic mass is 9.80. The van der Waals surface area contributed by atoms with Gasteiger partial charge in [0.05, 0.1) is 40.9 Å². The molecule has 11 heteroatoms. The number of benzene rings is 1. The summed E-state index contributed by atoms with van der Waals surface area (Å²) in [5.41, 5.74) is 6.87. The van der Waals surface area contributed by atoms with Crippen molar-refractivity contribution < 1.29 is 33.3 Å². The number of rotatable bonds is 9. The summed E-state index contributed by atoms with van der Waals surface area (Å²) in [7, 11) is 0. The monoisotopic (exact) mass is 495 g/mol. The Morgan fingerprint density at radius 1 is 1.08 bits per heavy atom. The van der Waals surface area contributed by atoms with Gasteiger partial charge in [0.1, 0.15) is 5.56 Å². The maximum atomic E-state index is 13.3. The molecule has 2 heterocycles. The highest BCUT2D eigenvalue weighted by Crippen LogP contribution is 2.40. The predicted molar refractivity (Wildman–Crippen MR) is 127 cm³/mol. The minimum Gasteiger partial charge on any atom is -0.463 e. The third-order valence-electron chi connectivity index (χ3n) is 5.53. The number of non-ortho nitro benzene ring substituents is 1. The molecule has 1 aliphatic rings. The van der Waals surface area contributed by atoms with Crippen molar-refractivity contribution >= 4 is 23.5 Å². The molecular weight excluding hydrogens is 468 g/mol. The number of ether oxygens (including phenoxy) is 2. The van der Waals surface area contributed by atoms with Gasteiger partial charge in [0.2, 0.25) is 0 Å². The number of nitro benzene ring substituents is 1. The summed E-state index contributed by atoms with van der Waals surface area (Å²) < 4.78 is 12.2. The highest BCUT2D eigenvalue weighted by molar-refractivity contribution is 6.00. The molecule has 1 unspecified atom stereocenters. The first-order valence-electron chi connectivity index (χ1n) is 11.3. The third-order valence-corrected chi connectivity index (χ3v) is 5.53. The minimum absolute atomic E-state index is 0.0685. The van der Waals surface area contributed by atoms with Gasteiger partial charge in [0, 0.05) is 23.9 Å². The Morgan fingerprint density at radius 2 is 1.75 bits per heavy atom. The Labute approximate surface area is 207 Å². The summed E-state index contributed by atoms with van der Waals surface area (Å²) in [5.74, 6) is -2.98. The van der Waals surface area contributed by atoms with Crippen LogP contribution < -0.4 is 15.6 Å². The van der Waals surface area contributed by atoms with Crippen molar-refractivity contribution in [3.63, 3.8) is 0 Å². The van der Waals surface area contributed by atoms with Gasteiger partial charge in [-0.3, -0.25) is 14.9 Å². The number of amides is 1. The maximum Gasteiger partial charge on any atom is 0.337 e. The topological polar surface area (TPSA) is 155 Å². The van der Waals surface area contributed by atoms with Gasteiger partial charge in [0.25, 0.3) is 11.6 Å². The van der Waals surface area contributed by atoms with Crippen LogP contribution in [-0.2, 0) is 25.6 Å². The fourth-order valence-corrected chi connectivity index (χ4v) is 4.05. The predicted octanol–water partition coefficient (Wildman–Crippen LogP) is 2.02. The number of nitrogens with two attached hydrogens (primary N) is 1. The summed E-state index contributed by atoms with van der Waals surface area (Å²) in [6, 6.07) is 8.93. The van der Waals surface area contributed by atoms with Crippen LogP contribution in [-0.4, -0.2) is 36.0 Å². The first kappa shape index (κ1) is 26.1. The maximum absolute atomic E-state index is 13.3. The largest absolute Gasteiger partial charge is 0.463 e. The smallest absolute Gasteiger partial charge is 0.337 e. The van der Waals surface area contributed by atoms with E-state index in [4.69, 9.17) is 15.2 Å². The van der Waals surface area contributed by atoms with E-state index in [9.17, 15) is 24.5 Å². The zero-order valence-electron chi connectivity index (χ0n) is 20.1. The van der Waals surface area contributed by atoms with E-state index in [1.54, 1.807) is 49.7 Å². The van der Waals surface area contributed by atoms with Crippen molar-refractivity contribution in [3.05, 3.63) is 92.6 Å². The summed E-state index contributed by atoms with van der Waals surface area (Å²) >= 11 is 0. The number of allylic oxidation sites excluding steroid dienone is 2. The molecule has 0 saturated heterocycles. The first-order chi connectivity index (χ1) is 17.2. The first-order valence-corrected chi connectivity index (χ1v) is 11.3. The number of primary amides is 1. The number of nitro groups is 1. The third kappa shape index (κ3) is 5.57. The molecule has 0 fully saturated rings. The van der Waals surface area contributed by atoms with Crippen molar-refractivity contribution in [2.45, 2.75) is 33.2 Å². The molecule has 1 aromatic carbocycles. The normalized spacial score (nSPS) is 15.2. The van der Waals surface area contributed by atoms with E-state index >= 15 is 0 Å². The Morgan fingerprint density at radius 3 is 2.36 bits per heavy atom. The SMILES string of the molecule is CCOC(=O)C1=C(C)NC(C[n+]2cccc(C(N)=O)c2)=C(C(=O)OCC)C1c1cccc([N+](=O)[O-])c1. The van der Waals surface area contributed by atoms with Gasteiger partial charge in [-0.25, -0.2) is 9.59 Å². The summed E-state index contributed by atoms with van der Waals surface area (Å²) in [5, 5.41) is 14.6. The number of pyridine rings is 1. The quantitative estimate of drug-likeness (QED) is 0.232. The number of dihydropyridines is 1. The average Bonchev–Trinajstić information content (AvgIpc) is 2.84. The number of hydrogen-bond donors (Lipinski definition) is 2. The summed E-state index contributed by atoms with van der Waals surface area (Å²) in [6.45, 7) is 5.21. The number of nitrogens with zero attached hydrogens (tertiary/aromatic N) is 2. The van der Waals surface area contributed by atoms with Crippen LogP contribution in [0.1, 0.15) is 42.6 Å². The van der Waals surface area contributed by atoms with Crippen molar-refractivity contribution in [3.8, 4) is 0 Å². The molecule has 3 N–H and O–H groups in total. The Balaban J connectivity index is 2.25. The highest BCUT2D eigenvalue weighted by atomic mass is 16.6. The lowest BCUT2D eigenvalue weighted by Crippen LogP contribution is -2.42. The van der Waals surface area contributed by atoms with E-state index in [0.717, 1.165) is 0 Å². The van der Waals surface area contributed by atoms with E-state index in [1.807, 2.05) is 0 Å². The van der Waals surface area contributed by atoms with Crippen LogP contribution in [0.15, 0.2) is 71.3 Å². The lowest BCUT2D eigenvalue weighted by molar-refractivity contribution is -0.689. The number of aromatic nitrogens is 1. The molecule has 2 aromatic rings. The lowest BCUT2D eigenvalue weighted by Gasteiger charge is -2.30. The molecule has 0 saturated carbocycles. The second kappa shape index (κ2) is 11.3. The van der Waals surface area contributed by atoms with Gasteiger partial charge in [-0.1, -0.05) is 12.1 Å². The van der Waals surface area contributed by atoms with Crippen LogP contribution >= 0.6 is 0 Å². The second-order valence-corrected chi connectivity index (χ2v) is 7.91. The molecule has 1 atom stereocenters. The van der Waals surface area contributed by atoms with Crippen LogP contribution in [0.5, 0.6) is 0 Å². The average molecular weight is 496 g/mol. The number of carbonyl (C=O) groups excluding carboxylic acids is 3. The van der Waals surface area contributed by atoms with E-state index in [0.29, 0.717) is 17.0 Å². The molecule has 0 radical (unpaired) electrons. The zero-order valence-corrected chi connectivity index (χ0v) is 20.1. The number of nitrogens with one attached hydrogen (secondary N) is 1. The van der Waals surface area contributed by atoms with Gasteiger partial charge in [-0.05, 0) is 32.4 Å². The van der Waals surface area contributed by atoms with Crippen LogP contribution in [0, 0.1) is 10.1 Å². The highest BCUT2D eigenvalue weighted by Gasteiger charge is 2.40. The Hall–Kier alpha value is -4.54. The van der Waals surface area contributed by atoms with Crippen LogP contribution in [0.4, 0.5) is 5.69 Å². The van der Waals surface area contributed by atoms with Crippen LogP contribution in [0.25, 0.3) is 0 Å². The van der Waals surface area contributed by atoms with Gasteiger partial charge in [0.15, 0.2) is 18.9 Å². The van der Waals surface area contributed by atoms with Gasteiger partial charge < -0.3 is 20.5 Å². The van der Waals surface area contributed by atoms with E-state index in [-0.39, 0.29) is 42.2 Å². The van der Waals surface area contributed by atoms with Crippen molar-refractivity contribution in [2.24, 2.45) is 5.73 Å². The van der Waals surface area contributed by atoms with E-state index in [2.05, 4.69) is 5.32 Å². The van der Waals surface area contributed by atoms with Crippen molar-refractivity contribution in [2.75, 3.05) is 13.2 Å². The Bertz CT molecular complexity index is 1280. The molecule has 0 spiro atoms. The molecule has 1 aromatic heterocycles. The molecule has 1 aliphatic heterocycles. The number of esters is 2. The molecule has 1 amide bonds. The molecule has 0 aliphatic carbocycles. The summed E-state index contributed by atoms with van der Waals surface area (Å²) in [4.78, 5) is 48.9. The molecule has 11 nitrogen and oxygen atoms in total. The minimum atomic E-state index is -1.00. The Kier molecular flexibility index (Phi) is 8.15. The van der Waals surface area contributed by atoms with E-state index in [1.165, 1.54) is 24.4 Å². The molecule has 3 rings (SSSR count). The fourth-order valence-electron chi connectivity index (χ4n) is 4.05. The molecule has 0 bridgehead atoms. The van der Waals surface area contributed by atoms with Gasteiger partial charge >= 0.3 is 11.9 Å². The van der Waals surface area contributed by atoms with Gasteiger partial charge in [-0.2, -0.15) is 4.57 Å². The molecule has 36 heavy (non-hydrogen) atoms. The number of hydrogen-bond acceptors (Lipinski definition) is 8. The second-order valence-electron chi connectivity index (χ2n) is 7.91. The van der Waals surface area contributed by atoms with Crippen LogP contribution in [0.2, 0.25) is 0 Å². The van der Waals surface area contributed by atoms with E-state index < -0.39 is 28.7 Å². The number of carbonyl (C=O) groups is 3.